The molecule has 0 aliphatic carbocycles. The molecule has 34 heavy (non-hydrogen) atoms. The first kappa shape index (κ1) is 23.2. The molecular weight excluding hydrogens is 450 g/mol. The van der Waals surface area contributed by atoms with Gasteiger partial charge in [0, 0.05) is 11.1 Å². The van der Waals surface area contributed by atoms with E-state index in [0.717, 1.165) is 9.87 Å². The zero-order chi connectivity index (χ0) is 24.3. The SMILES string of the molecule is COC(=O)C1=C(c2ccccc2)N(S(=O)(=O)c2ccc(C)cc2)CC(C(=O)c2ccccc2)=C1. The van der Waals surface area contributed by atoms with Crippen molar-refractivity contribution in [3.63, 3.8) is 0 Å². The van der Waals surface area contributed by atoms with Crippen molar-refractivity contribution in [3.8, 4) is 0 Å². The van der Waals surface area contributed by atoms with E-state index < -0.39 is 16.0 Å². The van der Waals surface area contributed by atoms with Crippen molar-refractivity contribution in [3.05, 3.63) is 119 Å². The molecule has 0 radical (unpaired) electrons. The summed E-state index contributed by atoms with van der Waals surface area (Å²) >= 11 is 0. The second-order valence-electron chi connectivity index (χ2n) is 7.81. The first-order valence-electron chi connectivity index (χ1n) is 10.6. The highest BCUT2D eigenvalue weighted by Crippen LogP contribution is 2.35. The van der Waals surface area contributed by atoms with Crippen molar-refractivity contribution >= 4 is 27.5 Å². The van der Waals surface area contributed by atoms with Crippen LogP contribution in [0.5, 0.6) is 0 Å². The van der Waals surface area contributed by atoms with Crippen molar-refractivity contribution in [1.29, 1.82) is 0 Å². The smallest absolute Gasteiger partial charge is 0.340 e. The van der Waals surface area contributed by atoms with Gasteiger partial charge in [0.1, 0.15) is 0 Å². The van der Waals surface area contributed by atoms with E-state index in [9.17, 15) is 18.0 Å². The van der Waals surface area contributed by atoms with Gasteiger partial charge in [0.05, 0.1) is 29.8 Å². The topological polar surface area (TPSA) is 80.8 Å². The van der Waals surface area contributed by atoms with Gasteiger partial charge in [0.2, 0.25) is 0 Å². The Labute approximate surface area is 198 Å². The number of ether oxygens (including phenoxy) is 1. The molecule has 1 aliphatic rings. The molecule has 0 N–H and O–H groups in total. The third-order valence-electron chi connectivity index (χ3n) is 5.53. The Hall–Kier alpha value is -3.97. The van der Waals surface area contributed by atoms with Gasteiger partial charge in [-0.05, 0) is 30.7 Å². The van der Waals surface area contributed by atoms with E-state index >= 15 is 0 Å². The van der Waals surface area contributed by atoms with Gasteiger partial charge in [-0.1, -0.05) is 78.4 Å². The van der Waals surface area contributed by atoms with Gasteiger partial charge >= 0.3 is 5.97 Å². The first-order chi connectivity index (χ1) is 16.3. The highest BCUT2D eigenvalue weighted by Gasteiger charge is 2.36. The zero-order valence-electron chi connectivity index (χ0n) is 18.8. The molecule has 6 nitrogen and oxygen atoms in total. The van der Waals surface area contributed by atoms with Crippen molar-refractivity contribution in [2.45, 2.75) is 11.8 Å². The fraction of sp³-hybridized carbons (Fsp3) is 0.111. The summed E-state index contributed by atoms with van der Waals surface area (Å²) in [7, 11) is -2.90. The monoisotopic (exact) mass is 473 g/mol. The van der Waals surface area contributed by atoms with Gasteiger partial charge < -0.3 is 4.74 Å². The first-order valence-corrected chi connectivity index (χ1v) is 12.0. The van der Waals surface area contributed by atoms with E-state index in [1.54, 1.807) is 72.8 Å². The third kappa shape index (κ3) is 4.43. The maximum atomic E-state index is 13.8. The second kappa shape index (κ2) is 9.49. The Morgan fingerprint density at radius 3 is 2.03 bits per heavy atom. The summed E-state index contributed by atoms with van der Waals surface area (Å²) in [6.45, 7) is 1.63. The van der Waals surface area contributed by atoms with Gasteiger partial charge in [-0.15, -0.1) is 0 Å². The Morgan fingerprint density at radius 2 is 1.44 bits per heavy atom. The normalized spacial score (nSPS) is 13.9. The van der Waals surface area contributed by atoms with Crippen LogP contribution in [0, 0.1) is 6.92 Å². The lowest BCUT2D eigenvalue weighted by molar-refractivity contribution is -0.135. The van der Waals surface area contributed by atoms with Crippen molar-refractivity contribution < 1.29 is 22.7 Å². The number of sulfonamides is 1. The van der Waals surface area contributed by atoms with Crippen LogP contribution in [0.3, 0.4) is 0 Å². The van der Waals surface area contributed by atoms with Crippen LogP contribution in [0.4, 0.5) is 0 Å². The minimum atomic E-state index is -4.12. The number of aryl methyl sites for hydroxylation is 1. The van der Waals surface area contributed by atoms with E-state index in [2.05, 4.69) is 0 Å². The molecule has 3 aromatic rings. The molecule has 172 valence electrons. The van der Waals surface area contributed by atoms with Crippen LogP contribution in [0.15, 0.2) is 107 Å². The molecule has 0 unspecified atom stereocenters. The van der Waals surface area contributed by atoms with E-state index in [-0.39, 0.29) is 34.1 Å². The number of carbonyl (C=O) groups is 2. The average molecular weight is 474 g/mol. The van der Waals surface area contributed by atoms with Crippen molar-refractivity contribution in [2.75, 3.05) is 13.7 Å². The van der Waals surface area contributed by atoms with Crippen molar-refractivity contribution in [2.24, 2.45) is 0 Å². The highest BCUT2D eigenvalue weighted by molar-refractivity contribution is 7.89. The molecule has 1 aliphatic heterocycles. The lowest BCUT2D eigenvalue weighted by Gasteiger charge is -2.32. The summed E-state index contributed by atoms with van der Waals surface area (Å²) < 4.78 is 33.8. The average Bonchev–Trinajstić information content (AvgIpc) is 2.88. The predicted octanol–water partition coefficient (Wildman–Crippen LogP) is 4.39. The number of esters is 1. The number of benzene rings is 3. The van der Waals surface area contributed by atoms with Crippen LogP contribution in [0.1, 0.15) is 21.5 Å². The van der Waals surface area contributed by atoms with Gasteiger partial charge in [0.25, 0.3) is 10.0 Å². The van der Waals surface area contributed by atoms with Crippen molar-refractivity contribution in [1.82, 2.24) is 4.31 Å². The lowest BCUT2D eigenvalue weighted by Crippen LogP contribution is -2.37. The molecule has 1 heterocycles. The lowest BCUT2D eigenvalue weighted by atomic mass is 9.95. The molecule has 0 atom stereocenters. The molecule has 7 heteroatoms. The number of carbonyl (C=O) groups excluding carboxylic acids is 2. The molecule has 0 saturated carbocycles. The fourth-order valence-electron chi connectivity index (χ4n) is 3.77. The predicted molar refractivity (Wildman–Crippen MR) is 129 cm³/mol. The third-order valence-corrected chi connectivity index (χ3v) is 7.29. The minimum absolute atomic E-state index is 0.00471. The van der Waals surface area contributed by atoms with E-state index in [1.807, 2.05) is 6.92 Å². The Morgan fingerprint density at radius 1 is 0.853 bits per heavy atom. The van der Waals surface area contributed by atoms with Crippen LogP contribution < -0.4 is 0 Å². The second-order valence-corrected chi connectivity index (χ2v) is 9.67. The van der Waals surface area contributed by atoms with E-state index in [1.165, 1.54) is 25.3 Å². The number of methoxy groups -OCH3 is 1. The summed E-state index contributed by atoms with van der Waals surface area (Å²) in [6.07, 6.45) is 1.44. The van der Waals surface area contributed by atoms with Gasteiger partial charge in [-0.2, -0.15) is 0 Å². The number of hydrogen-bond donors (Lipinski definition) is 0. The van der Waals surface area contributed by atoms with Gasteiger partial charge in [-0.3, -0.25) is 9.10 Å². The van der Waals surface area contributed by atoms with Gasteiger partial charge in [-0.25, -0.2) is 13.2 Å². The number of Topliss-reactive ketones (excluding diaryl/α,β-unsaturated/α-hetero) is 1. The van der Waals surface area contributed by atoms with Gasteiger partial charge in [0.15, 0.2) is 5.78 Å². The molecule has 0 spiro atoms. The highest BCUT2D eigenvalue weighted by atomic mass is 32.2. The van der Waals surface area contributed by atoms with Crippen LogP contribution in [0.25, 0.3) is 5.70 Å². The standard InChI is InChI=1S/C27H23NO5S/c1-19-13-15-23(16-14-19)34(31,32)28-18-22(26(29)21-11-7-4-8-12-21)17-24(27(30)33-2)25(28)20-9-5-3-6-10-20/h3-17H,18H2,1-2H3. The maximum Gasteiger partial charge on any atom is 0.340 e. The number of ketones is 1. The van der Waals surface area contributed by atoms with Crippen LogP contribution >= 0.6 is 0 Å². The van der Waals surface area contributed by atoms with Crippen LogP contribution in [0.2, 0.25) is 0 Å². The number of nitrogens with zero attached hydrogens (tertiary/aromatic N) is 1. The molecule has 0 aromatic heterocycles. The molecule has 4 rings (SSSR count). The zero-order valence-corrected chi connectivity index (χ0v) is 19.6. The number of hydrogen-bond acceptors (Lipinski definition) is 5. The Bertz CT molecular complexity index is 1390. The summed E-state index contributed by atoms with van der Waals surface area (Å²) in [5.41, 5.74) is 2.15. The minimum Gasteiger partial charge on any atom is -0.465 e. The van der Waals surface area contributed by atoms with Crippen LogP contribution in [-0.2, 0) is 19.6 Å². The molecule has 0 fully saturated rings. The molecule has 3 aromatic carbocycles. The van der Waals surface area contributed by atoms with E-state index in [0.29, 0.717) is 11.1 Å². The molecule has 0 amide bonds. The summed E-state index contributed by atoms with van der Waals surface area (Å²) in [4.78, 5) is 26.2. The summed E-state index contributed by atoms with van der Waals surface area (Å²) in [5.74, 6) is -1.10. The molecular formula is C27H23NO5S. The molecule has 0 bridgehead atoms. The maximum absolute atomic E-state index is 13.8. The number of rotatable bonds is 6. The Kier molecular flexibility index (Phi) is 6.47. The largest absolute Gasteiger partial charge is 0.465 e. The summed E-state index contributed by atoms with van der Waals surface area (Å²) in [5, 5.41) is 0. The Balaban J connectivity index is 1.95. The van der Waals surface area contributed by atoms with E-state index in [4.69, 9.17) is 4.74 Å². The molecule has 0 saturated heterocycles. The summed E-state index contributed by atoms with van der Waals surface area (Å²) in [6, 6.07) is 23.7. The quantitative estimate of drug-likeness (QED) is 0.392. The van der Waals surface area contributed by atoms with Crippen LogP contribution in [-0.4, -0.2) is 38.1 Å². The fourth-order valence-corrected chi connectivity index (χ4v) is 5.26.